The number of ether oxygens (including phenoxy) is 1. The van der Waals surface area contributed by atoms with E-state index in [1.165, 1.54) is 12.8 Å². The van der Waals surface area contributed by atoms with Crippen molar-refractivity contribution in [3.8, 4) is 0 Å². The molecule has 0 radical (unpaired) electrons. The van der Waals surface area contributed by atoms with Gasteiger partial charge in [0.15, 0.2) is 0 Å². The summed E-state index contributed by atoms with van der Waals surface area (Å²) in [5, 5.41) is 0. The molecule has 1 aliphatic rings. The van der Waals surface area contributed by atoms with E-state index in [0.717, 1.165) is 24.3 Å². The Bertz CT molecular complexity index is 581. The Hall–Kier alpha value is -1.62. The summed E-state index contributed by atoms with van der Waals surface area (Å²) in [6.45, 7) is 13.7. The normalized spacial score (nSPS) is 19.1. The number of piperidine rings is 1. The molecule has 1 aliphatic heterocycles. The van der Waals surface area contributed by atoms with E-state index in [-0.39, 0.29) is 6.09 Å². The first kappa shape index (κ1) is 19.7. The van der Waals surface area contributed by atoms with Crippen molar-refractivity contribution < 1.29 is 9.53 Å². The molecule has 0 aliphatic carbocycles. The van der Waals surface area contributed by atoms with Crippen molar-refractivity contribution in [2.75, 3.05) is 18.0 Å². The van der Waals surface area contributed by atoms with Gasteiger partial charge in [-0.3, -0.25) is 9.80 Å². The maximum Gasteiger partial charge on any atom is 0.415 e. The average Bonchev–Trinajstić information content (AvgIpc) is 2.54. The molecule has 5 nitrogen and oxygen atoms in total. The Balaban J connectivity index is 2.37. The molecule has 1 aromatic rings. The maximum absolute atomic E-state index is 12.7. The molecule has 1 saturated heterocycles. The van der Waals surface area contributed by atoms with Crippen LogP contribution in [-0.4, -0.2) is 40.7 Å². The topological polar surface area (TPSA) is 45.7 Å². The van der Waals surface area contributed by atoms with Crippen LogP contribution in [0.4, 0.5) is 10.6 Å². The summed E-state index contributed by atoms with van der Waals surface area (Å²) < 4.78 is 5.60. The highest BCUT2D eigenvalue weighted by Gasteiger charge is 2.31. The largest absolute Gasteiger partial charge is 0.443 e. The van der Waals surface area contributed by atoms with E-state index < -0.39 is 5.60 Å². The van der Waals surface area contributed by atoms with Gasteiger partial charge in [0.25, 0.3) is 0 Å². The fourth-order valence-electron chi connectivity index (χ4n) is 3.48. The fraction of sp³-hybridized carbons (Fsp3) is 0.700. The van der Waals surface area contributed by atoms with Gasteiger partial charge in [-0.05, 0) is 67.0 Å². The molecular formula is C20H33N3O2. The van der Waals surface area contributed by atoms with E-state index in [0.29, 0.717) is 18.6 Å². The Morgan fingerprint density at radius 3 is 2.72 bits per heavy atom. The van der Waals surface area contributed by atoms with Gasteiger partial charge in [-0.2, -0.15) is 0 Å². The summed E-state index contributed by atoms with van der Waals surface area (Å²) in [5.41, 5.74) is 0.609. The highest BCUT2D eigenvalue weighted by atomic mass is 16.6. The van der Waals surface area contributed by atoms with Crippen LogP contribution in [0.25, 0.3) is 0 Å². The van der Waals surface area contributed by atoms with Crippen LogP contribution in [0, 0.1) is 0 Å². The zero-order chi connectivity index (χ0) is 18.6. The van der Waals surface area contributed by atoms with Crippen LogP contribution in [0.5, 0.6) is 0 Å². The van der Waals surface area contributed by atoms with Crippen LogP contribution in [-0.2, 0) is 4.74 Å². The van der Waals surface area contributed by atoms with E-state index in [4.69, 9.17) is 4.74 Å². The first-order valence-electron chi connectivity index (χ1n) is 9.45. The van der Waals surface area contributed by atoms with Crippen LogP contribution in [0.15, 0.2) is 18.3 Å². The van der Waals surface area contributed by atoms with Crippen molar-refractivity contribution in [2.24, 2.45) is 0 Å². The standard InChI is InChI=1S/C20H33N3O2/c1-7-22(19(24)25-20(4,5)6)18-16(11-10-13-21-18)17-12-8-9-14-23(17)15(2)3/h10-11,13,15,17H,7-9,12,14H2,1-6H3/t17-/m1/s1. The zero-order valence-electron chi connectivity index (χ0n) is 16.6. The number of rotatable bonds is 4. The lowest BCUT2D eigenvalue weighted by Crippen LogP contribution is -2.41. The third-order valence-corrected chi connectivity index (χ3v) is 4.57. The number of aromatic nitrogens is 1. The number of pyridine rings is 1. The zero-order valence-corrected chi connectivity index (χ0v) is 16.6. The van der Waals surface area contributed by atoms with Gasteiger partial charge in [-0.15, -0.1) is 0 Å². The molecule has 0 spiro atoms. The predicted octanol–water partition coefficient (Wildman–Crippen LogP) is 4.78. The molecule has 1 amide bonds. The maximum atomic E-state index is 12.7. The smallest absolute Gasteiger partial charge is 0.415 e. The van der Waals surface area contributed by atoms with Crippen molar-refractivity contribution >= 4 is 11.9 Å². The number of carbonyl (C=O) groups is 1. The first-order chi connectivity index (χ1) is 11.7. The summed E-state index contributed by atoms with van der Waals surface area (Å²) in [7, 11) is 0. The van der Waals surface area contributed by atoms with Crippen molar-refractivity contribution in [3.05, 3.63) is 23.9 Å². The van der Waals surface area contributed by atoms with Crippen LogP contribution in [0.3, 0.4) is 0 Å². The molecular weight excluding hydrogens is 314 g/mol. The minimum absolute atomic E-state index is 0.300. The minimum Gasteiger partial charge on any atom is -0.443 e. The van der Waals surface area contributed by atoms with Gasteiger partial charge in [-0.1, -0.05) is 12.5 Å². The number of carbonyl (C=O) groups excluding carboxylic acids is 1. The Labute approximate surface area is 152 Å². The summed E-state index contributed by atoms with van der Waals surface area (Å²) in [4.78, 5) is 21.4. The molecule has 0 saturated carbocycles. The second-order valence-electron chi connectivity index (χ2n) is 7.98. The number of hydrogen-bond donors (Lipinski definition) is 0. The van der Waals surface area contributed by atoms with Gasteiger partial charge in [0.1, 0.15) is 11.4 Å². The van der Waals surface area contributed by atoms with E-state index in [2.05, 4.69) is 29.8 Å². The fourth-order valence-corrected chi connectivity index (χ4v) is 3.48. The summed E-state index contributed by atoms with van der Waals surface area (Å²) >= 11 is 0. The second-order valence-corrected chi connectivity index (χ2v) is 7.98. The lowest BCUT2D eigenvalue weighted by molar-refractivity contribution is 0.0579. The van der Waals surface area contributed by atoms with Crippen molar-refractivity contribution in [3.63, 3.8) is 0 Å². The summed E-state index contributed by atoms with van der Waals surface area (Å²) in [6, 6.07) is 4.85. The quantitative estimate of drug-likeness (QED) is 0.786. The van der Waals surface area contributed by atoms with Crippen LogP contribution in [0.2, 0.25) is 0 Å². The van der Waals surface area contributed by atoms with Crippen molar-refractivity contribution in [1.82, 2.24) is 9.88 Å². The number of likely N-dealkylation sites (tertiary alicyclic amines) is 1. The van der Waals surface area contributed by atoms with E-state index in [9.17, 15) is 4.79 Å². The average molecular weight is 348 g/mol. The number of hydrogen-bond acceptors (Lipinski definition) is 4. The number of amides is 1. The molecule has 2 rings (SSSR count). The lowest BCUT2D eigenvalue weighted by Gasteiger charge is -2.40. The highest BCUT2D eigenvalue weighted by molar-refractivity contribution is 5.87. The highest BCUT2D eigenvalue weighted by Crippen LogP contribution is 2.36. The lowest BCUT2D eigenvalue weighted by atomic mass is 9.94. The van der Waals surface area contributed by atoms with Crippen LogP contribution in [0.1, 0.15) is 72.4 Å². The van der Waals surface area contributed by atoms with Gasteiger partial charge in [0.2, 0.25) is 0 Å². The van der Waals surface area contributed by atoms with Gasteiger partial charge in [0, 0.05) is 30.4 Å². The Morgan fingerprint density at radius 2 is 2.12 bits per heavy atom. The van der Waals surface area contributed by atoms with Crippen LogP contribution >= 0.6 is 0 Å². The SMILES string of the molecule is CCN(C(=O)OC(C)(C)C)c1ncccc1[C@H]1CCCCN1C(C)C. The van der Waals surface area contributed by atoms with Gasteiger partial charge < -0.3 is 4.74 Å². The number of anilines is 1. The van der Waals surface area contributed by atoms with E-state index >= 15 is 0 Å². The molecule has 1 fully saturated rings. The predicted molar refractivity (Wildman–Crippen MR) is 102 cm³/mol. The van der Waals surface area contributed by atoms with Gasteiger partial charge >= 0.3 is 6.09 Å². The molecule has 25 heavy (non-hydrogen) atoms. The minimum atomic E-state index is -0.520. The summed E-state index contributed by atoms with van der Waals surface area (Å²) in [6.07, 6.45) is 4.97. The van der Waals surface area contributed by atoms with Gasteiger partial charge in [-0.25, -0.2) is 9.78 Å². The molecule has 1 aromatic heterocycles. The second kappa shape index (κ2) is 8.17. The molecule has 1 atom stereocenters. The van der Waals surface area contributed by atoms with Crippen molar-refractivity contribution in [1.29, 1.82) is 0 Å². The molecule has 0 N–H and O–H groups in total. The van der Waals surface area contributed by atoms with E-state index in [1.54, 1.807) is 11.1 Å². The van der Waals surface area contributed by atoms with Crippen molar-refractivity contribution in [2.45, 2.75) is 78.5 Å². The van der Waals surface area contributed by atoms with Gasteiger partial charge in [0.05, 0.1) is 0 Å². The number of nitrogens with zero attached hydrogens (tertiary/aromatic N) is 3. The molecule has 2 heterocycles. The molecule has 0 aromatic carbocycles. The third-order valence-electron chi connectivity index (χ3n) is 4.57. The Kier molecular flexibility index (Phi) is 6.44. The first-order valence-corrected chi connectivity index (χ1v) is 9.45. The third kappa shape index (κ3) is 4.94. The molecule has 0 bridgehead atoms. The Morgan fingerprint density at radius 1 is 1.40 bits per heavy atom. The van der Waals surface area contributed by atoms with Crippen LogP contribution < -0.4 is 4.90 Å². The monoisotopic (exact) mass is 347 g/mol. The summed E-state index contributed by atoms with van der Waals surface area (Å²) in [5.74, 6) is 0.733. The molecule has 0 unspecified atom stereocenters. The van der Waals surface area contributed by atoms with E-state index in [1.807, 2.05) is 33.8 Å². The molecule has 5 heteroatoms. The molecule has 140 valence electrons.